The Morgan fingerprint density at radius 3 is 2.67 bits per heavy atom. The number of esters is 1. The van der Waals surface area contributed by atoms with Gasteiger partial charge in [0, 0.05) is 15.9 Å². The molecule has 21 heavy (non-hydrogen) atoms. The Kier molecular flexibility index (Phi) is 7.82. The van der Waals surface area contributed by atoms with E-state index in [1.54, 1.807) is 6.92 Å². The summed E-state index contributed by atoms with van der Waals surface area (Å²) in [7, 11) is 0. The Bertz CT molecular complexity index is 520. The maximum absolute atomic E-state index is 11.7. The first-order chi connectivity index (χ1) is 9.93. The van der Waals surface area contributed by atoms with Gasteiger partial charge in [-0.1, -0.05) is 15.9 Å². The Morgan fingerprint density at radius 1 is 1.29 bits per heavy atom. The van der Waals surface area contributed by atoms with Crippen LogP contribution in [0.1, 0.15) is 24.5 Å². The van der Waals surface area contributed by atoms with E-state index in [9.17, 15) is 9.59 Å². The zero-order valence-electron chi connectivity index (χ0n) is 12.5. The fraction of sp³-hybridized carbons (Fsp3) is 0.467. The van der Waals surface area contributed by atoms with Gasteiger partial charge in [0.2, 0.25) is 5.91 Å². The number of ether oxygens (including phenoxy) is 1. The summed E-state index contributed by atoms with van der Waals surface area (Å²) in [5.74, 6) is -0.0285. The maximum Gasteiger partial charge on any atom is 0.307 e. The third-order valence-electron chi connectivity index (χ3n) is 2.77. The van der Waals surface area contributed by atoms with Gasteiger partial charge in [-0.3, -0.25) is 9.59 Å². The Labute approximate surface area is 138 Å². The molecule has 0 saturated heterocycles. The van der Waals surface area contributed by atoms with Crippen molar-refractivity contribution in [2.75, 3.05) is 18.9 Å². The molecule has 0 spiro atoms. The van der Waals surface area contributed by atoms with Crippen LogP contribution in [0.15, 0.2) is 21.5 Å². The van der Waals surface area contributed by atoms with Gasteiger partial charge in [0.25, 0.3) is 0 Å². The number of halogens is 1. The summed E-state index contributed by atoms with van der Waals surface area (Å²) in [4.78, 5) is 24.0. The van der Waals surface area contributed by atoms with Gasteiger partial charge in [-0.25, -0.2) is 0 Å². The predicted molar refractivity (Wildman–Crippen MR) is 88.6 cm³/mol. The molecule has 1 aromatic rings. The minimum absolute atomic E-state index is 0.0794. The van der Waals surface area contributed by atoms with Gasteiger partial charge in [-0.05, 0) is 44.0 Å². The molecule has 1 aromatic carbocycles. The quantitative estimate of drug-likeness (QED) is 0.588. The first-order valence-electron chi connectivity index (χ1n) is 6.76. The van der Waals surface area contributed by atoms with Crippen molar-refractivity contribution in [3.63, 3.8) is 0 Å². The number of hydrogen-bond acceptors (Lipinski definition) is 4. The summed E-state index contributed by atoms with van der Waals surface area (Å²) < 4.78 is 5.87. The molecule has 0 atom stereocenters. The van der Waals surface area contributed by atoms with Crippen LogP contribution in [0.2, 0.25) is 0 Å². The van der Waals surface area contributed by atoms with E-state index in [0.717, 1.165) is 20.5 Å². The highest BCUT2D eigenvalue weighted by Crippen LogP contribution is 2.28. The standard InChI is InChI=1S/C15H20BrNO3S/c1-4-20-15(19)5-6-17-14(18)9-21-13-8-10(2)12(16)7-11(13)3/h7-8H,4-6,9H2,1-3H3,(H,17,18). The molecule has 0 aliphatic carbocycles. The molecule has 4 nitrogen and oxygen atoms in total. The molecule has 0 unspecified atom stereocenters. The van der Waals surface area contributed by atoms with Gasteiger partial charge >= 0.3 is 5.97 Å². The van der Waals surface area contributed by atoms with Crippen LogP contribution in [0.4, 0.5) is 0 Å². The van der Waals surface area contributed by atoms with E-state index in [1.165, 1.54) is 11.8 Å². The van der Waals surface area contributed by atoms with Gasteiger partial charge in [0.05, 0.1) is 18.8 Å². The second-order valence-electron chi connectivity index (χ2n) is 4.56. The minimum atomic E-state index is -0.287. The van der Waals surface area contributed by atoms with Crippen LogP contribution in [0.3, 0.4) is 0 Å². The molecule has 0 saturated carbocycles. The monoisotopic (exact) mass is 373 g/mol. The van der Waals surface area contributed by atoms with E-state index in [4.69, 9.17) is 4.74 Å². The van der Waals surface area contributed by atoms with E-state index in [-0.39, 0.29) is 18.3 Å². The molecule has 0 heterocycles. The Morgan fingerprint density at radius 2 is 2.00 bits per heavy atom. The lowest BCUT2D eigenvalue weighted by atomic mass is 10.2. The zero-order chi connectivity index (χ0) is 15.8. The van der Waals surface area contributed by atoms with Crippen LogP contribution >= 0.6 is 27.7 Å². The molecule has 0 aromatic heterocycles. The van der Waals surface area contributed by atoms with Crippen molar-refractivity contribution < 1.29 is 14.3 Å². The van der Waals surface area contributed by atoms with Gasteiger partial charge in [-0.15, -0.1) is 11.8 Å². The number of rotatable bonds is 7. The van der Waals surface area contributed by atoms with Crippen molar-refractivity contribution in [3.8, 4) is 0 Å². The summed E-state index contributed by atoms with van der Waals surface area (Å²) >= 11 is 4.99. The third kappa shape index (κ3) is 6.52. The van der Waals surface area contributed by atoms with Crippen molar-refractivity contribution >= 4 is 39.6 Å². The average Bonchev–Trinajstić information content (AvgIpc) is 2.41. The third-order valence-corrected chi connectivity index (χ3v) is 4.78. The number of aryl methyl sites for hydroxylation is 2. The number of carbonyl (C=O) groups excluding carboxylic acids is 2. The van der Waals surface area contributed by atoms with E-state index in [1.807, 2.05) is 13.8 Å². The molecule has 0 fully saturated rings. The van der Waals surface area contributed by atoms with Crippen molar-refractivity contribution in [1.82, 2.24) is 5.32 Å². The number of thioether (sulfide) groups is 1. The molecule has 1 amide bonds. The molecule has 0 aliphatic rings. The van der Waals surface area contributed by atoms with Crippen molar-refractivity contribution in [1.29, 1.82) is 0 Å². The van der Waals surface area contributed by atoms with Crippen LogP contribution in [0, 0.1) is 13.8 Å². The Hall–Kier alpha value is -1.01. The largest absolute Gasteiger partial charge is 0.466 e. The number of nitrogens with one attached hydrogen (secondary N) is 1. The van der Waals surface area contributed by atoms with Crippen LogP contribution in [-0.2, 0) is 14.3 Å². The van der Waals surface area contributed by atoms with Gasteiger partial charge in [-0.2, -0.15) is 0 Å². The maximum atomic E-state index is 11.7. The lowest BCUT2D eigenvalue weighted by molar-refractivity contribution is -0.142. The highest BCUT2D eigenvalue weighted by Gasteiger charge is 2.08. The molecule has 6 heteroatoms. The van der Waals surface area contributed by atoms with Crippen molar-refractivity contribution in [2.24, 2.45) is 0 Å². The lowest BCUT2D eigenvalue weighted by Gasteiger charge is -2.09. The summed E-state index contributed by atoms with van der Waals surface area (Å²) in [6.45, 7) is 6.48. The van der Waals surface area contributed by atoms with E-state index in [2.05, 4.69) is 33.4 Å². The molecule has 116 valence electrons. The highest BCUT2D eigenvalue weighted by atomic mass is 79.9. The predicted octanol–water partition coefficient (Wildman–Crippen LogP) is 3.23. The highest BCUT2D eigenvalue weighted by molar-refractivity contribution is 9.10. The fourth-order valence-electron chi connectivity index (χ4n) is 1.64. The topological polar surface area (TPSA) is 55.4 Å². The van der Waals surface area contributed by atoms with Crippen molar-refractivity contribution in [2.45, 2.75) is 32.1 Å². The number of carbonyl (C=O) groups is 2. The van der Waals surface area contributed by atoms with E-state index in [0.29, 0.717) is 18.9 Å². The number of benzene rings is 1. The molecule has 0 bridgehead atoms. The van der Waals surface area contributed by atoms with Gasteiger partial charge in [0.1, 0.15) is 0 Å². The van der Waals surface area contributed by atoms with Crippen LogP contribution in [0.5, 0.6) is 0 Å². The van der Waals surface area contributed by atoms with Crippen LogP contribution in [-0.4, -0.2) is 30.8 Å². The summed E-state index contributed by atoms with van der Waals surface area (Å²) in [5.41, 5.74) is 2.28. The Balaban J connectivity index is 2.36. The summed E-state index contributed by atoms with van der Waals surface area (Å²) in [6, 6.07) is 4.12. The minimum Gasteiger partial charge on any atom is -0.466 e. The first kappa shape index (κ1) is 18.0. The molecular weight excluding hydrogens is 354 g/mol. The molecule has 1 rings (SSSR count). The first-order valence-corrected chi connectivity index (χ1v) is 8.53. The summed E-state index contributed by atoms with van der Waals surface area (Å²) in [5, 5.41) is 2.72. The molecular formula is C15H20BrNO3S. The second-order valence-corrected chi connectivity index (χ2v) is 6.43. The van der Waals surface area contributed by atoms with E-state index >= 15 is 0 Å². The smallest absolute Gasteiger partial charge is 0.307 e. The van der Waals surface area contributed by atoms with Crippen LogP contribution in [0.25, 0.3) is 0 Å². The van der Waals surface area contributed by atoms with E-state index < -0.39 is 0 Å². The second kappa shape index (κ2) is 9.10. The molecule has 0 aliphatic heterocycles. The van der Waals surface area contributed by atoms with Crippen LogP contribution < -0.4 is 5.32 Å². The SMILES string of the molecule is CCOC(=O)CCNC(=O)CSc1cc(C)c(Br)cc1C. The average molecular weight is 374 g/mol. The fourth-order valence-corrected chi connectivity index (χ4v) is 3.03. The van der Waals surface area contributed by atoms with Gasteiger partial charge in [0.15, 0.2) is 0 Å². The van der Waals surface area contributed by atoms with Gasteiger partial charge < -0.3 is 10.1 Å². The zero-order valence-corrected chi connectivity index (χ0v) is 14.9. The molecule has 0 radical (unpaired) electrons. The summed E-state index contributed by atoms with van der Waals surface area (Å²) in [6.07, 6.45) is 0.209. The number of hydrogen-bond donors (Lipinski definition) is 1. The number of amides is 1. The van der Waals surface area contributed by atoms with Crippen molar-refractivity contribution in [3.05, 3.63) is 27.7 Å². The molecule has 1 N–H and O–H groups in total. The lowest BCUT2D eigenvalue weighted by Crippen LogP contribution is -2.28. The normalized spacial score (nSPS) is 10.3.